The van der Waals surface area contributed by atoms with Crippen molar-refractivity contribution in [2.75, 3.05) is 23.8 Å². The van der Waals surface area contributed by atoms with Crippen LogP contribution in [-0.4, -0.2) is 29.5 Å². The summed E-state index contributed by atoms with van der Waals surface area (Å²) in [7, 11) is 2.02. The van der Waals surface area contributed by atoms with Crippen molar-refractivity contribution >= 4 is 17.3 Å². The van der Waals surface area contributed by atoms with Gasteiger partial charge in [0, 0.05) is 43.6 Å². The van der Waals surface area contributed by atoms with E-state index in [9.17, 15) is 4.79 Å². The number of aromatic nitrogens is 2. The molecule has 144 valence electrons. The Balaban J connectivity index is 1.69. The topological polar surface area (TPSA) is 58.1 Å². The van der Waals surface area contributed by atoms with Crippen molar-refractivity contribution in [3.8, 4) is 0 Å². The zero-order valence-electron chi connectivity index (χ0n) is 16.6. The summed E-state index contributed by atoms with van der Waals surface area (Å²) in [6, 6.07) is 15.7. The molecule has 0 aliphatic rings. The fourth-order valence-corrected chi connectivity index (χ4v) is 3.06. The number of rotatable bonds is 7. The number of likely N-dealkylation sites (N-methyl/N-ethyl adjacent to an activating group) is 1. The van der Waals surface area contributed by atoms with Crippen molar-refractivity contribution in [1.82, 2.24) is 9.97 Å². The molecule has 0 aliphatic heterocycles. The zero-order chi connectivity index (χ0) is 19.9. The molecule has 1 aromatic carbocycles. The monoisotopic (exact) mass is 374 g/mol. The molecular weight excluding hydrogens is 348 g/mol. The number of benzene rings is 1. The van der Waals surface area contributed by atoms with Gasteiger partial charge < -0.3 is 10.2 Å². The summed E-state index contributed by atoms with van der Waals surface area (Å²) in [4.78, 5) is 23.2. The molecule has 2 aromatic heterocycles. The highest BCUT2D eigenvalue weighted by Crippen LogP contribution is 2.24. The minimum atomic E-state index is -0.197. The van der Waals surface area contributed by atoms with Crippen LogP contribution in [0.2, 0.25) is 0 Å². The molecule has 0 saturated heterocycles. The molecule has 0 unspecified atom stereocenters. The minimum absolute atomic E-state index is 0.197. The Bertz CT molecular complexity index is 925. The predicted molar refractivity (Wildman–Crippen MR) is 114 cm³/mol. The molecule has 28 heavy (non-hydrogen) atoms. The summed E-state index contributed by atoms with van der Waals surface area (Å²) in [6.45, 7) is 5.06. The minimum Gasteiger partial charge on any atom is -0.374 e. The first-order chi connectivity index (χ1) is 13.5. The van der Waals surface area contributed by atoms with Crippen molar-refractivity contribution in [3.63, 3.8) is 0 Å². The molecule has 0 radical (unpaired) electrons. The molecule has 1 N–H and O–H groups in total. The summed E-state index contributed by atoms with van der Waals surface area (Å²) in [6.07, 6.45) is 6.20. The highest BCUT2D eigenvalue weighted by molar-refractivity contribution is 6.03. The van der Waals surface area contributed by atoms with Crippen molar-refractivity contribution in [2.24, 2.45) is 0 Å². The Morgan fingerprint density at radius 1 is 1.07 bits per heavy atom. The summed E-state index contributed by atoms with van der Waals surface area (Å²) in [5.74, 6) is 0.132. The number of nitrogens with zero attached hydrogens (tertiary/aromatic N) is 3. The molecular formula is C23H26N4O. The second-order valence-electron chi connectivity index (χ2n) is 7.12. The Labute approximate surface area is 166 Å². The van der Waals surface area contributed by atoms with E-state index in [1.165, 1.54) is 5.56 Å². The number of anilines is 2. The number of carbonyl (C=O) groups excluding carboxylic acids is 1. The van der Waals surface area contributed by atoms with E-state index in [0.29, 0.717) is 11.6 Å². The highest BCUT2D eigenvalue weighted by atomic mass is 16.1. The molecule has 2 heterocycles. The quantitative estimate of drug-likeness (QED) is 0.660. The molecule has 3 rings (SSSR count). The lowest BCUT2D eigenvalue weighted by atomic mass is 10.0. The van der Waals surface area contributed by atoms with E-state index in [2.05, 4.69) is 34.0 Å². The number of pyridine rings is 2. The molecule has 0 saturated carbocycles. The van der Waals surface area contributed by atoms with Crippen molar-refractivity contribution in [2.45, 2.75) is 26.2 Å². The van der Waals surface area contributed by atoms with Gasteiger partial charge >= 0.3 is 0 Å². The summed E-state index contributed by atoms with van der Waals surface area (Å²) in [5, 5.41) is 3.01. The lowest BCUT2D eigenvalue weighted by molar-refractivity contribution is 0.102. The van der Waals surface area contributed by atoms with E-state index >= 15 is 0 Å². The van der Waals surface area contributed by atoms with Crippen LogP contribution >= 0.6 is 0 Å². The SMILES string of the molecule is CC(C)c1ccccc1NC(=O)c1cc(N(C)CCc2ccncc2)ccn1. The fraction of sp³-hybridized carbons (Fsp3) is 0.261. The average Bonchev–Trinajstić information content (AvgIpc) is 2.73. The van der Waals surface area contributed by atoms with Gasteiger partial charge in [-0.2, -0.15) is 0 Å². The van der Waals surface area contributed by atoms with E-state index in [4.69, 9.17) is 0 Å². The van der Waals surface area contributed by atoms with Crippen LogP contribution in [0.15, 0.2) is 67.1 Å². The van der Waals surface area contributed by atoms with Crippen LogP contribution < -0.4 is 10.2 Å². The van der Waals surface area contributed by atoms with Crippen molar-refractivity contribution in [1.29, 1.82) is 0 Å². The third-order valence-corrected chi connectivity index (χ3v) is 4.73. The second kappa shape index (κ2) is 9.13. The first kappa shape index (κ1) is 19.5. The Kier molecular flexibility index (Phi) is 6.37. The zero-order valence-corrected chi connectivity index (χ0v) is 16.6. The molecule has 5 heteroatoms. The number of hydrogen-bond donors (Lipinski definition) is 1. The van der Waals surface area contributed by atoms with E-state index < -0.39 is 0 Å². The number of carbonyl (C=O) groups is 1. The van der Waals surface area contributed by atoms with Gasteiger partial charge in [0.1, 0.15) is 5.69 Å². The van der Waals surface area contributed by atoms with Crippen LogP contribution in [0.25, 0.3) is 0 Å². The van der Waals surface area contributed by atoms with E-state index in [1.807, 2.05) is 55.6 Å². The van der Waals surface area contributed by atoms with E-state index in [-0.39, 0.29) is 5.91 Å². The third-order valence-electron chi connectivity index (χ3n) is 4.73. The number of hydrogen-bond acceptors (Lipinski definition) is 4. The highest BCUT2D eigenvalue weighted by Gasteiger charge is 2.13. The number of para-hydroxylation sites is 1. The second-order valence-corrected chi connectivity index (χ2v) is 7.12. The van der Waals surface area contributed by atoms with Crippen LogP contribution in [0, 0.1) is 0 Å². The number of amides is 1. The standard InChI is InChI=1S/C23H26N4O/c1-17(2)20-6-4-5-7-21(20)26-23(28)22-16-19(10-14-25-22)27(3)15-11-18-8-12-24-13-9-18/h4-10,12-14,16-17H,11,15H2,1-3H3,(H,26,28). The maximum atomic E-state index is 12.7. The van der Waals surface area contributed by atoms with Crippen molar-refractivity contribution < 1.29 is 4.79 Å². The van der Waals surface area contributed by atoms with Gasteiger partial charge in [0.15, 0.2) is 0 Å². The van der Waals surface area contributed by atoms with Gasteiger partial charge in [0.05, 0.1) is 0 Å². The van der Waals surface area contributed by atoms with Gasteiger partial charge in [-0.1, -0.05) is 32.0 Å². The largest absolute Gasteiger partial charge is 0.374 e. The molecule has 5 nitrogen and oxygen atoms in total. The molecule has 0 bridgehead atoms. The number of nitrogens with one attached hydrogen (secondary N) is 1. The van der Waals surface area contributed by atoms with E-state index in [0.717, 1.165) is 29.9 Å². The van der Waals surface area contributed by atoms with Gasteiger partial charge in [-0.15, -0.1) is 0 Å². The van der Waals surface area contributed by atoms with E-state index in [1.54, 1.807) is 18.6 Å². The normalized spacial score (nSPS) is 10.7. The van der Waals surface area contributed by atoms with Crippen molar-refractivity contribution in [3.05, 3.63) is 83.9 Å². The molecule has 0 aliphatic carbocycles. The van der Waals surface area contributed by atoms with Crippen LogP contribution in [0.3, 0.4) is 0 Å². The predicted octanol–water partition coefficient (Wildman–Crippen LogP) is 4.53. The summed E-state index contributed by atoms with van der Waals surface area (Å²) in [5.41, 5.74) is 4.56. The summed E-state index contributed by atoms with van der Waals surface area (Å²) < 4.78 is 0. The Morgan fingerprint density at radius 3 is 2.57 bits per heavy atom. The molecule has 0 atom stereocenters. The molecule has 1 amide bonds. The Morgan fingerprint density at radius 2 is 1.82 bits per heavy atom. The third kappa shape index (κ3) is 4.94. The molecule has 0 spiro atoms. The van der Waals surface area contributed by atoms with Crippen LogP contribution in [0.4, 0.5) is 11.4 Å². The first-order valence-corrected chi connectivity index (χ1v) is 9.51. The van der Waals surface area contributed by atoms with Crippen LogP contribution in [0.5, 0.6) is 0 Å². The van der Waals surface area contributed by atoms with Gasteiger partial charge in [-0.3, -0.25) is 14.8 Å². The molecule has 3 aromatic rings. The summed E-state index contributed by atoms with van der Waals surface area (Å²) >= 11 is 0. The lowest BCUT2D eigenvalue weighted by Gasteiger charge is -2.20. The van der Waals surface area contributed by atoms with Gasteiger partial charge in [-0.05, 0) is 53.8 Å². The smallest absolute Gasteiger partial charge is 0.274 e. The first-order valence-electron chi connectivity index (χ1n) is 9.51. The fourth-order valence-electron chi connectivity index (χ4n) is 3.06. The van der Waals surface area contributed by atoms with Crippen LogP contribution in [0.1, 0.15) is 41.4 Å². The van der Waals surface area contributed by atoms with Gasteiger partial charge in [0.2, 0.25) is 0 Å². The maximum Gasteiger partial charge on any atom is 0.274 e. The molecule has 0 fully saturated rings. The van der Waals surface area contributed by atoms with Gasteiger partial charge in [-0.25, -0.2) is 0 Å². The maximum absolute atomic E-state index is 12.7. The van der Waals surface area contributed by atoms with Crippen LogP contribution in [-0.2, 0) is 6.42 Å². The lowest BCUT2D eigenvalue weighted by Crippen LogP contribution is -2.21. The van der Waals surface area contributed by atoms with Gasteiger partial charge in [0.25, 0.3) is 5.91 Å². The average molecular weight is 374 g/mol. The Hall–Kier alpha value is -3.21.